The van der Waals surface area contributed by atoms with E-state index < -0.39 is 0 Å². The van der Waals surface area contributed by atoms with Gasteiger partial charge in [0.05, 0.1) is 17.4 Å². The lowest BCUT2D eigenvalue weighted by Gasteiger charge is -2.27. The van der Waals surface area contributed by atoms with Gasteiger partial charge in [-0.05, 0) is 41.8 Å². The molecule has 2 aromatic heterocycles. The van der Waals surface area contributed by atoms with Crippen LogP contribution in [-0.4, -0.2) is 51.8 Å². The number of nitrogens with zero attached hydrogens (tertiary/aromatic N) is 3. The summed E-state index contributed by atoms with van der Waals surface area (Å²) in [4.78, 5) is 29.9. The summed E-state index contributed by atoms with van der Waals surface area (Å²) in [6, 6.07) is 17.0. The molecule has 0 saturated carbocycles. The largest absolute Gasteiger partial charge is 0.336 e. The number of benzene rings is 2. The molecule has 1 saturated heterocycles. The quantitative estimate of drug-likeness (QED) is 0.554. The van der Waals surface area contributed by atoms with Crippen molar-refractivity contribution in [2.45, 2.75) is 0 Å². The van der Waals surface area contributed by atoms with Crippen LogP contribution in [0.15, 0.2) is 71.8 Å². The molecule has 30 heavy (non-hydrogen) atoms. The highest BCUT2D eigenvalue weighted by Gasteiger charge is 2.18. The van der Waals surface area contributed by atoms with Gasteiger partial charge in [0.15, 0.2) is 0 Å². The summed E-state index contributed by atoms with van der Waals surface area (Å²) in [5, 5.41) is 8.63. The predicted octanol–water partition coefficient (Wildman–Crippen LogP) is 2.43. The molecule has 150 valence electrons. The highest BCUT2D eigenvalue weighted by molar-refractivity contribution is 5.94. The number of pyridine rings is 1. The number of nitrogens with one attached hydrogen (secondary N) is 2. The van der Waals surface area contributed by atoms with Gasteiger partial charge in [0.2, 0.25) is 0 Å². The lowest BCUT2D eigenvalue weighted by Crippen LogP contribution is -2.46. The van der Waals surface area contributed by atoms with Crippen LogP contribution in [0.5, 0.6) is 0 Å². The maximum atomic E-state index is 12.6. The number of para-hydroxylation sites is 1. The topological polar surface area (TPSA) is 83.0 Å². The molecule has 1 aliphatic rings. The molecule has 0 atom stereocenters. The first-order valence-electron chi connectivity index (χ1n) is 9.96. The summed E-state index contributed by atoms with van der Waals surface area (Å²) in [6.07, 6.45) is 3.51. The van der Waals surface area contributed by atoms with Gasteiger partial charge in [-0.1, -0.05) is 18.2 Å². The molecule has 2 N–H and O–H groups in total. The van der Waals surface area contributed by atoms with E-state index in [4.69, 9.17) is 0 Å². The third kappa shape index (κ3) is 3.40. The number of carbonyl (C=O) groups is 1. The zero-order chi connectivity index (χ0) is 20.5. The van der Waals surface area contributed by atoms with Gasteiger partial charge in [-0.3, -0.25) is 9.59 Å². The Balaban J connectivity index is 1.41. The van der Waals surface area contributed by atoms with Crippen LogP contribution in [0, 0.1) is 0 Å². The summed E-state index contributed by atoms with van der Waals surface area (Å²) in [5.74, 6) is 0.0481. The van der Waals surface area contributed by atoms with Gasteiger partial charge in [0.1, 0.15) is 0 Å². The van der Waals surface area contributed by atoms with E-state index in [2.05, 4.69) is 15.4 Å². The molecule has 5 rings (SSSR count). The van der Waals surface area contributed by atoms with Gasteiger partial charge >= 0.3 is 0 Å². The first-order chi connectivity index (χ1) is 14.7. The van der Waals surface area contributed by atoms with Crippen LogP contribution < -0.4 is 10.9 Å². The zero-order valence-corrected chi connectivity index (χ0v) is 16.3. The van der Waals surface area contributed by atoms with Crippen molar-refractivity contribution in [2.75, 3.05) is 26.2 Å². The standard InChI is InChI=1S/C23H21N5O2/c29-22-20(13-17-3-1-2-4-21(17)26-22)18-14-25-28(15-18)19-7-5-16(6-8-19)23(30)27-11-9-24-10-12-27/h1-8,13-15,24H,9-12H2,(H,26,29). The molecule has 7 nitrogen and oxygen atoms in total. The van der Waals surface area contributed by atoms with Crippen molar-refractivity contribution in [3.63, 3.8) is 0 Å². The van der Waals surface area contributed by atoms with E-state index in [-0.39, 0.29) is 11.5 Å². The fourth-order valence-electron chi connectivity index (χ4n) is 3.77. The predicted molar refractivity (Wildman–Crippen MR) is 116 cm³/mol. The van der Waals surface area contributed by atoms with Gasteiger partial charge in [-0.2, -0.15) is 5.10 Å². The maximum Gasteiger partial charge on any atom is 0.256 e. The van der Waals surface area contributed by atoms with E-state index in [0.717, 1.165) is 48.3 Å². The average Bonchev–Trinajstić information content (AvgIpc) is 3.29. The van der Waals surface area contributed by atoms with Crippen LogP contribution in [0.4, 0.5) is 0 Å². The second kappa shape index (κ2) is 7.61. The molecule has 7 heteroatoms. The molecular formula is C23H21N5O2. The van der Waals surface area contributed by atoms with E-state index in [1.807, 2.05) is 65.7 Å². The number of hydrogen-bond acceptors (Lipinski definition) is 4. The van der Waals surface area contributed by atoms with Crippen LogP contribution >= 0.6 is 0 Å². The van der Waals surface area contributed by atoms with E-state index in [0.29, 0.717) is 11.1 Å². The molecule has 0 spiro atoms. The highest BCUT2D eigenvalue weighted by atomic mass is 16.2. The van der Waals surface area contributed by atoms with Gasteiger partial charge in [-0.25, -0.2) is 4.68 Å². The lowest BCUT2D eigenvalue weighted by molar-refractivity contribution is 0.0736. The molecule has 4 aromatic rings. The molecule has 0 unspecified atom stereocenters. The van der Waals surface area contributed by atoms with Crippen LogP contribution in [0.3, 0.4) is 0 Å². The molecule has 1 aliphatic heterocycles. The molecule has 1 amide bonds. The molecule has 3 heterocycles. The van der Waals surface area contributed by atoms with Crippen LogP contribution in [-0.2, 0) is 0 Å². The monoisotopic (exact) mass is 399 g/mol. The number of aromatic amines is 1. The molecule has 2 aromatic carbocycles. The number of rotatable bonds is 3. The molecule has 0 aliphatic carbocycles. The Kier molecular flexibility index (Phi) is 4.65. The fraction of sp³-hybridized carbons (Fsp3) is 0.174. The van der Waals surface area contributed by atoms with Crippen molar-refractivity contribution >= 4 is 16.8 Å². The number of carbonyl (C=O) groups excluding carboxylic acids is 1. The van der Waals surface area contributed by atoms with E-state index >= 15 is 0 Å². The Bertz CT molecular complexity index is 1270. The SMILES string of the molecule is O=C(c1ccc(-n2cc(-c3cc4ccccc4[nH]c3=O)cn2)cc1)N1CCNCC1. The fourth-order valence-corrected chi connectivity index (χ4v) is 3.77. The molecular weight excluding hydrogens is 378 g/mol. The Morgan fingerprint density at radius 1 is 1.00 bits per heavy atom. The second-order valence-electron chi connectivity index (χ2n) is 7.36. The first-order valence-corrected chi connectivity index (χ1v) is 9.96. The van der Waals surface area contributed by atoms with Gasteiger partial charge in [-0.15, -0.1) is 0 Å². The van der Waals surface area contributed by atoms with Crippen molar-refractivity contribution in [1.29, 1.82) is 0 Å². The van der Waals surface area contributed by atoms with Crippen molar-refractivity contribution in [2.24, 2.45) is 0 Å². The summed E-state index contributed by atoms with van der Waals surface area (Å²) in [7, 11) is 0. The number of amides is 1. The van der Waals surface area contributed by atoms with Crippen LogP contribution in [0.1, 0.15) is 10.4 Å². The number of piperazine rings is 1. The van der Waals surface area contributed by atoms with E-state index in [1.54, 1.807) is 10.9 Å². The van der Waals surface area contributed by atoms with E-state index in [9.17, 15) is 9.59 Å². The molecule has 1 fully saturated rings. The van der Waals surface area contributed by atoms with Crippen LogP contribution in [0.25, 0.3) is 27.7 Å². The van der Waals surface area contributed by atoms with Crippen molar-refractivity contribution < 1.29 is 4.79 Å². The Labute approximate surface area is 173 Å². The summed E-state index contributed by atoms with van der Waals surface area (Å²) in [5.41, 5.74) is 3.47. The minimum absolute atomic E-state index is 0.0481. The van der Waals surface area contributed by atoms with Gasteiger partial charge in [0, 0.05) is 49.0 Å². The van der Waals surface area contributed by atoms with Gasteiger partial charge in [0.25, 0.3) is 11.5 Å². The average molecular weight is 399 g/mol. The number of H-pyrrole nitrogens is 1. The third-order valence-electron chi connectivity index (χ3n) is 5.43. The maximum absolute atomic E-state index is 12.6. The second-order valence-corrected chi connectivity index (χ2v) is 7.36. The zero-order valence-electron chi connectivity index (χ0n) is 16.3. The molecule has 0 bridgehead atoms. The number of aromatic nitrogens is 3. The number of fused-ring (bicyclic) bond motifs is 1. The van der Waals surface area contributed by atoms with Crippen molar-refractivity contribution in [3.05, 3.63) is 82.9 Å². The molecule has 0 radical (unpaired) electrons. The highest BCUT2D eigenvalue weighted by Crippen LogP contribution is 2.21. The summed E-state index contributed by atoms with van der Waals surface area (Å²) < 4.78 is 1.71. The number of hydrogen-bond donors (Lipinski definition) is 2. The summed E-state index contributed by atoms with van der Waals surface area (Å²) >= 11 is 0. The van der Waals surface area contributed by atoms with Crippen LogP contribution in [0.2, 0.25) is 0 Å². The van der Waals surface area contributed by atoms with E-state index in [1.165, 1.54) is 0 Å². The Hall–Kier alpha value is -3.71. The van der Waals surface area contributed by atoms with Gasteiger partial charge < -0.3 is 15.2 Å². The minimum Gasteiger partial charge on any atom is -0.336 e. The van der Waals surface area contributed by atoms with Crippen molar-refractivity contribution in [3.8, 4) is 16.8 Å². The summed E-state index contributed by atoms with van der Waals surface area (Å²) in [6.45, 7) is 3.11. The smallest absolute Gasteiger partial charge is 0.256 e. The van der Waals surface area contributed by atoms with Crippen molar-refractivity contribution in [1.82, 2.24) is 25.0 Å². The Morgan fingerprint density at radius 2 is 1.77 bits per heavy atom. The lowest BCUT2D eigenvalue weighted by atomic mass is 10.1. The Morgan fingerprint density at radius 3 is 2.57 bits per heavy atom. The normalized spacial score (nSPS) is 14.2. The minimum atomic E-state index is -0.148. The third-order valence-corrected chi connectivity index (χ3v) is 5.43. The first kappa shape index (κ1) is 18.3.